The lowest BCUT2D eigenvalue weighted by Gasteiger charge is -2.21. The summed E-state index contributed by atoms with van der Waals surface area (Å²) in [5.74, 6) is 2.31. The van der Waals surface area contributed by atoms with Crippen molar-refractivity contribution < 1.29 is 27.2 Å². The van der Waals surface area contributed by atoms with E-state index in [9.17, 15) is 13.2 Å². The van der Waals surface area contributed by atoms with Crippen molar-refractivity contribution in [3.05, 3.63) is 108 Å². The Hall–Kier alpha value is -4.83. The van der Waals surface area contributed by atoms with Gasteiger partial charge in [0.1, 0.15) is 23.0 Å². The summed E-state index contributed by atoms with van der Waals surface area (Å²) in [6, 6.07) is 27.5. The van der Waals surface area contributed by atoms with E-state index >= 15 is 0 Å². The SMILES string of the molecule is CCCCOc1ccc(C(CC(=O)CCc2ccc3cc(OC)ccc3c2)Nc2ccc(S(=O)(=O)Nc3cc(C)on3)cc2)cc1. The normalized spacial score (nSPS) is 12.1. The Bertz CT molecular complexity index is 1870. The van der Waals surface area contributed by atoms with E-state index in [0.717, 1.165) is 46.2 Å². The van der Waals surface area contributed by atoms with Crippen molar-refractivity contribution in [1.29, 1.82) is 0 Å². The fourth-order valence-electron chi connectivity index (χ4n) is 5.09. The van der Waals surface area contributed by atoms with Gasteiger partial charge in [0, 0.05) is 24.6 Å². The van der Waals surface area contributed by atoms with Crippen LogP contribution in [0.25, 0.3) is 10.8 Å². The summed E-state index contributed by atoms with van der Waals surface area (Å²) >= 11 is 0. The predicted molar refractivity (Wildman–Crippen MR) is 180 cm³/mol. The number of rotatable bonds is 16. The Balaban J connectivity index is 1.28. The quantitative estimate of drug-likeness (QED) is 0.105. The van der Waals surface area contributed by atoms with Gasteiger partial charge in [-0.3, -0.25) is 9.52 Å². The molecule has 1 unspecified atom stereocenters. The maximum atomic E-state index is 13.4. The summed E-state index contributed by atoms with van der Waals surface area (Å²) in [6.07, 6.45) is 3.31. The van der Waals surface area contributed by atoms with Crippen molar-refractivity contribution >= 4 is 38.1 Å². The fourth-order valence-corrected chi connectivity index (χ4v) is 6.08. The number of aromatic nitrogens is 1. The zero-order chi connectivity index (χ0) is 32.5. The molecule has 1 heterocycles. The number of unbranched alkanes of at least 4 members (excludes halogenated alkanes) is 1. The number of methoxy groups -OCH3 is 1. The zero-order valence-corrected chi connectivity index (χ0v) is 27.1. The van der Waals surface area contributed by atoms with Crippen LogP contribution in [0, 0.1) is 6.92 Å². The van der Waals surface area contributed by atoms with Crippen LogP contribution in [0.5, 0.6) is 11.5 Å². The lowest BCUT2D eigenvalue weighted by molar-refractivity contribution is -0.119. The van der Waals surface area contributed by atoms with Crippen LogP contribution in [0.1, 0.15) is 55.5 Å². The number of ether oxygens (including phenoxy) is 2. The molecule has 10 heteroatoms. The fraction of sp³-hybridized carbons (Fsp3) is 0.278. The number of aryl methyl sites for hydroxylation is 2. The second-order valence-electron chi connectivity index (χ2n) is 11.2. The van der Waals surface area contributed by atoms with Gasteiger partial charge in [0.25, 0.3) is 10.0 Å². The molecule has 0 aliphatic rings. The van der Waals surface area contributed by atoms with E-state index in [2.05, 4.69) is 40.3 Å². The van der Waals surface area contributed by atoms with Gasteiger partial charge in [-0.15, -0.1) is 0 Å². The van der Waals surface area contributed by atoms with E-state index < -0.39 is 10.0 Å². The number of ketones is 1. The van der Waals surface area contributed by atoms with Crippen LogP contribution < -0.4 is 19.5 Å². The molecule has 1 atom stereocenters. The van der Waals surface area contributed by atoms with E-state index in [1.807, 2.05) is 42.5 Å². The molecular weight excluding hydrogens is 602 g/mol. The summed E-state index contributed by atoms with van der Waals surface area (Å²) in [7, 11) is -2.20. The van der Waals surface area contributed by atoms with Gasteiger partial charge in [-0.05, 0) is 90.2 Å². The minimum atomic E-state index is -3.86. The minimum absolute atomic E-state index is 0.0775. The third kappa shape index (κ3) is 8.66. The highest BCUT2D eigenvalue weighted by Crippen LogP contribution is 2.28. The lowest BCUT2D eigenvalue weighted by atomic mass is 9.97. The molecule has 0 aliphatic heterocycles. The maximum Gasteiger partial charge on any atom is 0.263 e. The van der Waals surface area contributed by atoms with E-state index in [1.54, 1.807) is 26.2 Å². The van der Waals surface area contributed by atoms with Gasteiger partial charge < -0.3 is 19.3 Å². The first kappa shape index (κ1) is 32.6. The Morgan fingerprint density at radius 2 is 1.63 bits per heavy atom. The summed E-state index contributed by atoms with van der Waals surface area (Å²) < 4.78 is 44.2. The number of Topliss-reactive ketones (excluding diaryl/α,β-unsaturated/α-hetero) is 1. The molecule has 4 aromatic carbocycles. The topological polar surface area (TPSA) is 120 Å². The molecule has 1 aromatic heterocycles. The first-order valence-corrected chi connectivity index (χ1v) is 16.8. The molecule has 0 saturated carbocycles. The number of fused-ring (bicyclic) bond motifs is 1. The van der Waals surface area contributed by atoms with E-state index in [4.69, 9.17) is 14.0 Å². The summed E-state index contributed by atoms with van der Waals surface area (Å²) in [5.41, 5.74) is 2.70. The summed E-state index contributed by atoms with van der Waals surface area (Å²) in [5, 5.41) is 9.34. The molecule has 0 spiro atoms. The van der Waals surface area contributed by atoms with Crippen molar-refractivity contribution in [3.63, 3.8) is 0 Å². The van der Waals surface area contributed by atoms with Crippen LogP contribution in [0.4, 0.5) is 11.5 Å². The van der Waals surface area contributed by atoms with Gasteiger partial charge in [-0.1, -0.05) is 54.9 Å². The Morgan fingerprint density at radius 3 is 2.33 bits per heavy atom. The largest absolute Gasteiger partial charge is 0.497 e. The van der Waals surface area contributed by atoms with Crippen molar-refractivity contribution in [3.8, 4) is 11.5 Å². The van der Waals surface area contributed by atoms with E-state index in [1.165, 1.54) is 18.2 Å². The molecule has 0 amide bonds. The van der Waals surface area contributed by atoms with Crippen molar-refractivity contribution in [2.75, 3.05) is 23.8 Å². The number of carbonyl (C=O) groups excluding carboxylic acids is 1. The highest BCUT2D eigenvalue weighted by molar-refractivity contribution is 7.92. The van der Waals surface area contributed by atoms with Gasteiger partial charge in [0.2, 0.25) is 0 Å². The second kappa shape index (κ2) is 15.0. The molecule has 0 radical (unpaired) electrons. The number of sulfonamides is 1. The molecule has 0 aliphatic carbocycles. The van der Waals surface area contributed by atoms with Crippen LogP contribution >= 0.6 is 0 Å². The molecule has 9 nitrogen and oxygen atoms in total. The number of nitrogens with one attached hydrogen (secondary N) is 2. The second-order valence-corrected chi connectivity index (χ2v) is 12.9. The summed E-state index contributed by atoms with van der Waals surface area (Å²) in [6.45, 7) is 4.45. The van der Waals surface area contributed by atoms with Crippen LogP contribution in [-0.2, 0) is 21.2 Å². The first-order chi connectivity index (χ1) is 22.2. The molecule has 0 fully saturated rings. The first-order valence-electron chi connectivity index (χ1n) is 15.4. The lowest BCUT2D eigenvalue weighted by Crippen LogP contribution is -2.16. The van der Waals surface area contributed by atoms with E-state index in [-0.39, 0.29) is 29.0 Å². The highest BCUT2D eigenvalue weighted by Gasteiger charge is 2.19. The standard InChI is InChI=1S/C36H39N3O6S/c1-4-5-20-44-32-15-9-27(10-16-32)35(24-31(40)14-7-26-6-8-29-23-33(43-3)17-11-28(29)22-26)37-30-12-18-34(19-13-30)46(41,42)39-36-21-25(2)45-38-36/h6,8-13,15-19,21-23,35,37H,4-5,7,14,20,24H2,1-3H3,(H,38,39). The molecule has 0 bridgehead atoms. The molecule has 0 saturated heterocycles. The number of benzene rings is 4. The van der Waals surface area contributed by atoms with Crippen molar-refractivity contribution in [2.24, 2.45) is 0 Å². The maximum absolute atomic E-state index is 13.4. The summed E-state index contributed by atoms with van der Waals surface area (Å²) in [4.78, 5) is 13.4. The zero-order valence-electron chi connectivity index (χ0n) is 26.3. The van der Waals surface area contributed by atoms with Gasteiger partial charge in [0.05, 0.1) is 24.7 Å². The monoisotopic (exact) mass is 641 g/mol. The average Bonchev–Trinajstić information content (AvgIpc) is 3.47. The molecule has 5 rings (SSSR count). The van der Waals surface area contributed by atoms with Crippen molar-refractivity contribution in [1.82, 2.24) is 5.16 Å². The van der Waals surface area contributed by atoms with Crippen LogP contribution in [-0.4, -0.2) is 33.1 Å². The number of nitrogens with zero attached hydrogens (tertiary/aromatic N) is 1. The molecule has 240 valence electrons. The highest BCUT2D eigenvalue weighted by atomic mass is 32.2. The number of hydrogen-bond acceptors (Lipinski definition) is 8. The Kier molecular flexibility index (Phi) is 10.6. The van der Waals surface area contributed by atoms with Crippen LogP contribution in [0.2, 0.25) is 0 Å². The smallest absolute Gasteiger partial charge is 0.263 e. The van der Waals surface area contributed by atoms with Crippen LogP contribution in [0.3, 0.4) is 0 Å². The van der Waals surface area contributed by atoms with Gasteiger partial charge >= 0.3 is 0 Å². The number of carbonyl (C=O) groups is 1. The Morgan fingerprint density at radius 1 is 0.913 bits per heavy atom. The van der Waals surface area contributed by atoms with Gasteiger partial charge in [-0.2, -0.15) is 0 Å². The average molecular weight is 642 g/mol. The van der Waals surface area contributed by atoms with Gasteiger partial charge in [0.15, 0.2) is 5.82 Å². The molecule has 2 N–H and O–H groups in total. The van der Waals surface area contributed by atoms with Crippen molar-refractivity contribution in [2.45, 2.75) is 56.9 Å². The third-order valence-corrected chi connectivity index (χ3v) is 9.03. The van der Waals surface area contributed by atoms with Gasteiger partial charge in [-0.25, -0.2) is 8.42 Å². The molecule has 46 heavy (non-hydrogen) atoms. The third-order valence-electron chi connectivity index (χ3n) is 7.66. The number of hydrogen-bond donors (Lipinski definition) is 2. The van der Waals surface area contributed by atoms with E-state index in [0.29, 0.717) is 30.9 Å². The molecule has 5 aromatic rings. The predicted octanol–water partition coefficient (Wildman–Crippen LogP) is 7.87. The number of anilines is 2. The Labute approximate surface area is 270 Å². The minimum Gasteiger partial charge on any atom is -0.497 e. The molecular formula is C36H39N3O6S. The van der Waals surface area contributed by atoms with Crippen LogP contribution in [0.15, 0.2) is 100 Å².